The Balaban J connectivity index is 1.91. The summed E-state index contributed by atoms with van der Waals surface area (Å²) in [7, 11) is 0. The van der Waals surface area contributed by atoms with E-state index in [1.165, 1.54) is 64.2 Å². The van der Waals surface area contributed by atoms with Crippen molar-refractivity contribution in [1.82, 2.24) is 4.31 Å². The third kappa shape index (κ3) is 2.97. The molecule has 0 heterocycles. The summed E-state index contributed by atoms with van der Waals surface area (Å²) in [5.74, 6) is 0. The molecule has 2 aliphatic carbocycles. The Hall–Kier alpha value is -0.0200. The van der Waals surface area contributed by atoms with Crippen molar-refractivity contribution in [1.29, 1.82) is 0 Å². The molecule has 15 heavy (non-hydrogen) atoms. The number of hydrogen-bond donors (Lipinski definition) is 0. The van der Waals surface area contributed by atoms with Crippen LogP contribution in [-0.2, 0) is 16.1 Å². The Labute approximate surface area is 97.0 Å². The van der Waals surface area contributed by atoms with Crippen LogP contribution in [0.3, 0.4) is 0 Å². The molecule has 0 N–H and O–H groups in total. The van der Waals surface area contributed by atoms with E-state index in [1.54, 1.807) is 0 Å². The van der Waals surface area contributed by atoms with Crippen LogP contribution in [0.4, 0.5) is 0 Å². The van der Waals surface area contributed by atoms with E-state index < -0.39 is 0 Å². The first kappa shape index (κ1) is 11.5. The average molecular weight is 228 g/mol. The van der Waals surface area contributed by atoms with E-state index in [-0.39, 0.29) is 0 Å². The molecular formula is C12H22NOS+. The zero-order chi connectivity index (χ0) is 10.5. The zero-order valence-corrected chi connectivity index (χ0v) is 10.3. The highest BCUT2D eigenvalue weighted by Crippen LogP contribution is 2.29. The van der Waals surface area contributed by atoms with Gasteiger partial charge in [0.1, 0.15) is 0 Å². The van der Waals surface area contributed by atoms with Crippen LogP contribution in [0.15, 0.2) is 0 Å². The molecule has 86 valence electrons. The van der Waals surface area contributed by atoms with Crippen LogP contribution in [0.5, 0.6) is 0 Å². The van der Waals surface area contributed by atoms with Crippen LogP contribution in [0.1, 0.15) is 64.2 Å². The minimum absolute atomic E-state index is 0.587. The Morgan fingerprint density at radius 1 is 0.733 bits per heavy atom. The van der Waals surface area contributed by atoms with E-state index in [9.17, 15) is 4.21 Å². The largest absolute Gasteiger partial charge is 0.590 e. The number of rotatable bonds is 3. The molecule has 0 aromatic rings. The van der Waals surface area contributed by atoms with Gasteiger partial charge in [0.05, 0.1) is 16.3 Å². The molecule has 2 saturated carbocycles. The van der Waals surface area contributed by atoms with Crippen molar-refractivity contribution in [3.63, 3.8) is 0 Å². The standard InChI is InChI=1S/C12H22NOS/c14-15-13(11-7-3-1-4-8-11)12-9-5-2-6-10-12/h11-12H,1-10H2/q+1. The van der Waals surface area contributed by atoms with Gasteiger partial charge in [0.25, 0.3) is 0 Å². The maximum atomic E-state index is 11.3. The van der Waals surface area contributed by atoms with Gasteiger partial charge in [-0.05, 0) is 30.0 Å². The number of nitrogens with zero attached hydrogens (tertiary/aromatic N) is 1. The van der Waals surface area contributed by atoms with E-state index in [0.29, 0.717) is 12.1 Å². The molecule has 2 fully saturated rings. The third-order valence-corrected chi connectivity index (χ3v) is 4.72. The molecule has 0 aromatic carbocycles. The Morgan fingerprint density at radius 2 is 1.13 bits per heavy atom. The van der Waals surface area contributed by atoms with Gasteiger partial charge in [-0.25, -0.2) is 0 Å². The molecule has 0 bridgehead atoms. The normalized spacial score (nSPS) is 25.7. The minimum Gasteiger partial charge on any atom is -0.0532 e. The first-order chi connectivity index (χ1) is 7.42. The third-order valence-electron chi connectivity index (χ3n) is 3.96. The van der Waals surface area contributed by atoms with E-state index in [2.05, 4.69) is 4.31 Å². The second-order valence-corrected chi connectivity index (χ2v) is 5.59. The molecule has 2 aliphatic rings. The van der Waals surface area contributed by atoms with Crippen molar-refractivity contribution < 1.29 is 4.21 Å². The van der Waals surface area contributed by atoms with Gasteiger partial charge in [-0.1, -0.05) is 38.5 Å². The lowest BCUT2D eigenvalue weighted by atomic mass is 9.91. The molecule has 0 unspecified atom stereocenters. The Kier molecular flexibility index (Phi) is 4.51. The molecule has 2 nitrogen and oxygen atoms in total. The lowest BCUT2D eigenvalue weighted by molar-refractivity contribution is 0.180. The summed E-state index contributed by atoms with van der Waals surface area (Å²) in [5.41, 5.74) is 0. The molecule has 3 heteroatoms. The van der Waals surface area contributed by atoms with Gasteiger partial charge in [-0.2, -0.15) is 0 Å². The van der Waals surface area contributed by atoms with Gasteiger partial charge in [0.2, 0.25) is 0 Å². The van der Waals surface area contributed by atoms with Gasteiger partial charge in [-0.15, -0.1) is 0 Å². The molecule has 0 aliphatic heterocycles. The van der Waals surface area contributed by atoms with Crippen LogP contribution in [0.2, 0.25) is 0 Å². The van der Waals surface area contributed by atoms with Gasteiger partial charge in [-0.3, -0.25) is 0 Å². The molecule has 0 amide bonds. The Morgan fingerprint density at radius 3 is 1.47 bits per heavy atom. The smallest absolute Gasteiger partial charge is 0.0532 e. The Bertz CT molecular complexity index is 180. The molecule has 0 atom stereocenters. The predicted octanol–water partition coefficient (Wildman–Crippen LogP) is 3.30. The van der Waals surface area contributed by atoms with Crippen molar-refractivity contribution in [3.05, 3.63) is 0 Å². The molecule has 0 radical (unpaired) electrons. The molecule has 0 aromatic heterocycles. The van der Waals surface area contributed by atoms with Crippen LogP contribution in [0.25, 0.3) is 0 Å². The summed E-state index contributed by atoms with van der Waals surface area (Å²) in [5, 5.41) is 0. The first-order valence-electron chi connectivity index (χ1n) is 6.50. The summed E-state index contributed by atoms with van der Waals surface area (Å²) < 4.78 is 13.5. The summed E-state index contributed by atoms with van der Waals surface area (Å²) >= 11 is 0.766. The van der Waals surface area contributed by atoms with Crippen molar-refractivity contribution in [2.24, 2.45) is 0 Å². The topological polar surface area (TPSA) is 20.3 Å². The molecule has 0 spiro atoms. The van der Waals surface area contributed by atoms with Crippen LogP contribution < -0.4 is 0 Å². The lowest BCUT2D eigenvalue weighted by Gasteiger charge is -2.29. The van der Waals surface area contributed by atoms with E-state index in [1.807, 2.05) is 0 Å². The average Bonchev–Trinajstić information content (AvgIpc) is 2.33. The predicted molar refractivity (Wildman–Crippen MR) is 63.6 cm³/mol. The molecule has 2 rings (SSSR count). The fraction of sp³-hybridized carbons (Fsp3) is 1.00. The van der Waals surface area contributed by atoms with Crippen LogP contribution >= 0.6 is 0 Å². The fourth-order valence-electron chi connectivity index (χ4n) is 3.09. The molecule has 0 saturated heterocycles. The highest BCUT2D eigenvalue weighted by Gasteiger charge is 2.37. The minimum atomic E-state index is 0.587. The summed E-state index contributed by atoms with van der Waals surface area (Å²) in [6, 6.07) is 1.17. The van der Waals surface area contributed by atoms with Gasteiger partial charge in [0.15, 0.2) is 0 Å². The monoisotopic (exact) mass is 228 g/mol. The second-order valence-electron chi connectivity index (χ2n) is 5.02. The van der Waals surface area contributed by atoms with Crippen molar-refractivity contribution in [3.8, 4) is 0 Å². The van der Waals surface area contributed by atoms with E-state index in [4.69, 9.17) is 0 Å². The van der Waals surface area contributed by atoms with Crippen molar-refractivity contribution >= 4 is 11.9 Å². The number of hydrogen-bond acceptors (Lipinski definition) is 1. The van der Waals surface area contributed by atoms with Crippen molar-refractivity contribution in [2.45, 2.75) is 76.3 Å². The maximum Gasteiger partial charge on any atom is 0.590 e. The van der Waals surface area contributed by atoms with Gasteiger partial charge < -0.3 is 0 Å². The van der Waals surface area contributed by atoms with E-state index >= 15 is 0 Å². The van der Waals surface area contributed by atoms with E-state index in [0.717, 1.165) is 11.9 Å². The maximum absolute atomic E-state index is 11.3. The quantitative estimate of drug-likeness (QED) is 0.536. The van der Waals surface area contributed by atoms with Crippen LogP contribution in [0, 0.1) is 0 Å². The second kappa shape index (κ2) is 5.90. The van der Waals surface area contributed by atoms with Crippen molar-refractivity contribution in [2.75, 3.05) is 0 Å². The van der Waals surface area contributed by atoms with Gasteiger partial charge in [0, 0.05) is 0 Å². The highest BCUT2D eigenvalue weighted by molar-refractivity contribution is 7.62. The fourth-order valence-corrected chi connectivity index (χ4v) is 3.76. The van der Waals surface area contributed by atoms with Gasteiger partial charge >= 0.3 is 11.9 Å². The zero-order valence-electron chi connectivity index (χ0n) is 9.49. The van der Waals surface area contributed by atoms with Crippen LogP contribution in [-0.4, -0.2) is 16.4 Å². The summed E-state index contributed by atoms with van der Waals surface area (Å²) in [6.07, 6.45) is 13.1. The SMILES string of the molecule is O=[S+]N(C1CCCCC1)C1CCCCC1. The molecular weight excluding hydrogens is 206 g/mol. The lowest BCUT2D eigenvalue weighted by Crippen LogP contribution is -2.42. The highest BCUT2D eigenvalue weighted by atomic mass is 32.2. The summed E-state index contributed by atoms with van der Waals surface area (Å²) in [4.78, 5) is 0. The first-order valence-corrected chi connectivity index (χ1v) is 7.20. The summed E-state index contributed by atoms with van der Waals surface area (Å²) in [6.45, 7) is 0.